The fourth-order valence-electron chi connectivity index (χ4n) is 4.25. The molecule has 1 aromatic heterocycles. The van der Waals surface area contributed by atoms with Crippen molar-refractivity contribution in [3.05, 3.63) is 17.7 Å². The smallest absolute Gasteiger partial charge is 0.227 e. The van der Waals surface area contributed by atoms with Gasteiger partial charge in [-0.1, -0.05) is 0 Å². The van der Waals surface area contributed by atoms with Gasteiger partial charge in [-0.2, -0.15) is 0 Å². The van der Waals surface area contributed by atoms with Gasteiger partial charge in [0.1, 0.15) is 0 Å². The Morgan fingerprint density at radius 3 is 3.00 bits per heavy atom. The van der Waals surface area contributed by atoms with Crippen LogP contribution in [0.3, 0.4) is 0 Å². The number of imidazole rings is 1. The number of aromatic amines is 1. The monoisotopic (exact) mass is 318 g/mol. The molecule has 0 spiro atoms. The number of likely N-dealkylation sites (tertiary alicyclic amines) is 1. The summed E-state index contributed by atoms with van der Waals surface area (Å²) in [6.45, 7) is 5.31. The van der Waals surface area contributed by atoms with Crippen LogP contribution in [-0.4, -0.2) is 64.6 Å². The Hall–Kier alpha value is -1.40. The second-order valence-electron chi connectivity index (χ2n) is 7.02. The van der Waals surface area contributed by atoms with E-state index in [0.29, 0.717) is 18.5 Å². The van der Waals surface area contributed by atoms with Crippen LogP contribution in [-0.2, 0) is 22.5 Å². The number of hydrogen-bond donors (Lipinski definition) is 1. The summed E-state index contributed by atoms with van der Waals surface area (Å²) in [4.78, 5) is 25.0. The van der Waals surface area contributed by atoms with Crippen LogP contribution < -0.4 is 0 Å². The van der Waals surface area contributed by atoms with E-state index in [2.05, 4.69) is 14.9 Å². The van der Waals surface area contributed by atoms with Crippen molar-refractivity contribution in [1.29, 1.82) is 0 Å². The number of carbonyl (C=O) groups is 1. The molecule has 3 aliphatic rings. The molecule has 4 rings (SSSR count). The number of fused-ring (bicyclic) bond motifs is 1. The van der Waals surface area contributed by atoms with Gasteiger partial charge in [0.25, 0.3) is 0 Å². The van der Waals surface area contributed by atoms with E-state index in [9.17, 15) is 4.79 Å². The predicted molar refractivity (Wildman–Crippen MR) is 85.8 cm³/mol. The molecule has 1 N–H and O–H groups in total. The fourth-order valence-corrected chi connectivity index (χ4v) is 4.25. The number of rotatable bonds is 2. The number of aromatic nitrogens is 2. The van der Waals surface area contributed by atoms with Crippen LogP contribution in [0.4, 0.5) is 0 Å². The molecule has 3 aliphatic heterocycles. The van der Waals surface area contributed by atoms with Gasteiger partial charge in [-0.05, 0) is 32.2 Å². The van der Waals surface area contributed by atoms with E-state index >= 15 is 0 Å². The van der Waals surface area contributed by atoms with E-state index in [1.165, 1.54) is 0 Å². The van der Waals surface area contributed by atoms with Crippen molar-refractivity contribution < 1.29 is 9.53 Å². The third-order valence-corrected chi connectivity index (χ3v) is 5.60. The first-order valence-corrected chi connectivity index (χ1v) is 8.93. The van der Waals surface area contributed by atoms with Crippen LogP contribution in [0.5, 0.6) is 0 Å². The van der Waals surface area contributed by atoms with Crippen LogP contribution >= 0.6 is 0 Å². The van der Waals surface area contributed by atoms with Crippen LogP contribution in [0, 0.1) is 5.92 Å². The largest absolute Gasteiger partial charge is 0.381 e. The van der Waals surface area contributed by atoms with Crippen molar-refractivity contribution in [3.8, 4) is 0 Å². The third kappa shape index (κ3) is 3.15. The van der Waals surface area contributed by atoms with Gasteiger partial charge in [0, 0.05) is 38.8 Å². The minimum Gasteiger partial charge on any atom is -0.381 e. The average Bonchev–Trinajstić information content (AvgIpc) is 3.09. The molecular formula is C17H26N4O2. The highest BCUT2D eigenvalue weighted by Gasteiger charge is 2.34. The minimum atomic E-state index is 0.163. The van der Waals surface area contributed by atoms with E-state index in [4.69, 9.17) is 4.74 Å². The molecule has 1 atom stereocenters. The highest BCUT2D eigenvalue weighted by Crippen LogP contribution is 2.26. The van der Waals surface area contributed by atoms with Gasteiger partial charge in [0.05, 0.1) is 30.2 Å². The van der Waals surface area contributed by atoms with Crippen molar-refractivity contribution in [1.82, 2.24) is 19.8 Å². The molecule has 6 heteroatoms. The lowest BCUT2D eigenvalue weighted by molar-refractivity contribution is -0.139. The Kier molecular flexibility index (Phi) is 4.35. The average molecular weight is 318 g/mol. The number of carbonyl (C=O) groups excluding carboxylic acids is 1. The summed E-state index contributed by atoms with van der Waals surface area (Å²) in [6.07, 6.45) is 7.01. The Morgan fingerprint density at radius 2 is 2.13 bits per heavy atom. The van der Waals surface area contributed by atoms with Gasteiger partial charge in [-0.15, -0.1) is 0 Å². The van der Waals surface area contributed by atoms with Gasteiger partial charge in [0.2, 0.25) is 5.91 Å². The maximum atomic E-state index is 13.0. The zero-order valence-electron chi connectivity index (χ0n) is 13.7. The molecule has 0 radical (unpaired) electrons. The summed E-state index contributed by atoms with van der Waals surface area (Å²) in [5.74, 6) is 0.498. The van der Waals surface area contributed by atoms with Crippen LogP contribution in [0.15, 0.2) is 6.33 Å². The summed E-state index contributed by atoms with van der Waals surface area (Å²) in [5, 5.41) is 0. The minimum absolute atomic E-state index is 0.163. The first-order valence-electron chi connectivity index (χ1n) is 8.93. The Morgan fingerprint density at radius 1 is 1.26 bits per heavy atom. The number of amides is 1. The number of hydrogen-bond acceptors (Lipinski definition) is 4. The second-order valence-corrected chi connectivity index (χ2v) is 7.02. The zero-order valence-corrected chi connectivity index (χ0v) is 13.7. The van der Waals surface area contributed by atoms with E-state index in [0.717, 1.165) is 76.3 Å². The Bertz CT molecular complexity index is 553. The van der Waals surface area contributed by atoms with Gasteiger partial charge in [-0.3, -0.25) is 9.69 Å². The molecule has 2 saturated heterocycles. The molecule has 1 amide bonds. The van der Waals surface area contributed by atoms with E-state index < -0.39 is 0 Å². The SMILES string of the molecule is O=C(C1CCCN(C2CCOCC2)C1)N1CCc2nc[nH]c2C1. The lowest BCUT2D eigenvalue weighted by Crippen LogP contribution is -2.50. The summed E-state index contributed by atoms with van der Waals surface area (Å²) in [6, 6.07) is 0.611. The molecule has 6 nitrogen and oxygen atoms in total. The quantitative estimate of drug-likeness (QED) is 0.890. The number of nitrogens with zero attached hydrogens (tertiary/aromatic N) is 3. The number of H-pyrrole nitrogens is 1. The first kappa shape index (κ1) is 15.1. The highest BCUT2D eigenvalue weighted by atomic mass is 16.5. The molecule has 0 aliphatic carbocycles. The molecule has 0 aromatic carbocycles. The molecule has 0 bridgehead atoms. The lowest BCUT2D eigenvalue weighted by Gasteiger charge is -2.41. The van der Waals surface area contributed by atoms with Crippen molar-refractivity contribution in [2.45, 2.75) is 44.7 Å². The maximum Gasteiger partial charge on any atom is 0.227 e. The van der Waals surface area contributed by atoms with Crippen molar-refractivity contribution in [2.24, 2.45) is 5.92 Å². The van der Waals surface area contributed by atoms with Crippen molar-refractivity contribution in [2.75, 3.05) is 32.8 Å². The standard InChI is InChI=1S/C17H26N4O2/c22-17(21-7-3-15-16(11-21)19-12-18-15)13-2-1-6-20(10-13)14-4-8-23-9-5-14/h12-14H,1-11H2,(H,18,19). The first-order chi connectivity index (χ1) is 11.3. The van der Waals surface area contributed by atoms with Crippen LogP contribution in [0.1, 0.15) is 37.1 Å². The van der Waals surface area contributed by atoms with Gasteiger partial charge >= 0.3 is 0 Å². The molecular weight excluding hydrogens is 292 g/mol. The second kappa shape index (κ2) is 6.61. The topological polar surface area (TPSA) is 61.5 Å². The summed E-state index contributed by atoms with van der Waals surface area (Å²) < 4.78 is 5.47. The molecule has 1 unspecified atom stereocenters. The zero-order chi connectivity index (χ0) is 15.6. The molecule has 4 heterocycles. The lowest BCUT2D eigenvalue weighted by atomic mass is 9.93. The molecule has 1 aromatic rings. The maximum absolute atomic E-state index is 13.0. The van der Waals surface area contributed by atoms with E-state index in [1.807, 2.05) is 4.90 Å². The van der Waals surface area contributed by atoms with Gasteiger partial charge in [-0.25, -0.2) is 4.98 Å². The van der Waals surface area contributed by atoms with Crippen molar-refractivity contribution >= 4 is 5.91 Å². The predicted octanol–water partition coefficient (Wildman–Crippen LogP) is 1.19. The Balaban J connectivity index is 1.38. The summed E-state index contributed by atoms with van der Waals surface area (Å²) in [7, 11) is 0. The summed E-state index contributed by atoms with van der Waals surface area (Å²) in [5.41, 5.74) is 2.24. The molecule has 0 saturated carbocycles. The van der Waals surface area contributed by atoms with Crippen molar-refractivity contribution in [3.63, 3.8) is 0 Å². The number of nitrogens with one attached hydrogen (secondary N) is 1. The normalized spacial score (nSPS) is 27.0. The number of piperidine rings is 1. The molecule has 126 valence electrons. The third-order valence-electron chi connectivity index (χ3n) is 5.60. The van der Waals surface area contributed by atoms with Gasteiger partial charge in [0.15, 0.2) is 0 Å². The highest BCUT2D eigenvalue weighted by molar-refractivity contribution is 5.79. The molecule has 2 fully saturated rings. The Labute approximate surface area is 137 Å². The van der Waals surface area contributed by atoms with E-state index in [1.54, 1.807) is 6.33 Å². The van der Waals surface area contributed by atoms with E-state index in [-0.39, 0.29) is 5.92 Å². The van der Waals surface area contributed by atoms with Crippen LogP contribution in [0.25, 0.3) is 0 Å². The number of ether oxygens (including phenoxy) is 1. The summed E-state index contributed by atoms with van der Waals surface area (Å²) >= 11 is 0. The van der Waals surface area contributed by atoms with Gasteiger partial charge < -0.3 is 14.6 Å². The molecule has 23 heavy (non-hydrogen) atoms. The van der Waals surface area contributed by atoms with Crippen LogP contribution in [0.2, 0.25) is 0 Å². The fraction of sp³-hybridized carbons (Fsp3) is 0.765.